The highest BCUT2D eigenvalue weighted by Crippen LogP contribution is 2.20. The number of aromatic nitrogens is 2. The normalized spacial score (nSPS) is 11.6. The fourth-order valence-electron chi connectivity index (χ4n) is 2.01. The summed E-state index contributed by atoms with van der Waals surface area (Å²) in [4.78, 5) is 22.7. The molecule has 7 nitrogen and oxygen atoms in total. The fraction of sp³-hybridized carbons (Fsp3) is 0. The van der Waals surface area contributed by atoms with Crippen LogP contribution in [0.25, 0.3) is 10.9 Å². The van der Waals surface area contributed by atoms with E-state index in [-0.39, 0.29) is 23.0 Å². The molecule has 0 aliphatic heterocycles. The van der Waals surface area contributed by atoms with Gasteiger partial charge >= 0.3 is 0 Å². The molecule has 0 fully saturated rings. The van der Waals surface area contributed by atoms with Crippen molar-refractivity contribution in [2.24, 2.45) is 10.7 Å². The van der Waals surface area contributed by atoms with E-state index in [1.54, 1.807) is 24.3 Å². The molecule has 0 aliphatic carbocycles. The van der Waals surface area contributed by atoms with Crippen molar-refractivity contribution in [3.05, 3.63) is 57.8 Å². The van der Waals surface area contributed by atoms with Crippen molar-refractivity contribution >= 4 is 40.1 Å². The third-order valence-electron chi connectivity index (χ3n) is 3.04. The van der Waals surface area contributed by atoms with Crippen molar-refractivity contribution in [2.75, 3.05) is 5.32 Å². The highest BCUT2D eigenvalue weighted by molar-refractivity contribution is 6.33. The van der Waals surface area contributed by atoms with E-state index in [2.05, 4.69) is 20.3 Å². The molecule has 0 unspecified atom stereocenters. The summed E-state index contributed by atoms with van der Waals surface area (Å²) >= 11 is 6.02. The number of aromatic hydroxyl groups is 1. The number of phenols is 1. The second-order valence-electron chi connectivity index (χ2n) is 4.69. The zero-order valence-corrected chi connectivity index (χ0v) is 12.5. The lowest BCUT2D eigenvalue weighted by atomic mass is 10.2. The molecule has 1 aromatic heterocycles. The molecule has 2 aromatic carbocycles. The molecule has 0 saturated heterocycles. The lowest BCUT2D eigenvalue weighted by Gasteiger charge is -2.07. The number of hydrogen-bond acceptors (Lipinski definition) is 4. The Morgan fingerprint density at radius 1 is 1.30 bits per heavy atom. The van der Waals surface area contributed by atoms with E-state index in [1.807, 2.05) is 0 Å². The van der Waals surface area contributed by atoms with Gasteiger partial charge in [-0.05, 0) is 30.3 Å². The van der Waals surface area contributed by atoms with Crippen LogP contribution < -0.4 is 16.6 Å². The number of aromatic amines is 1. The van der Waals surface area contributed by atoms with E-state index in [1.165, 1.54) is 18.2 Å². The zero-order valence-electron chi connectivity index (χ0n) is 11.7. The van der Waals surface area contributed by atoms with Gasteiger partial charge in [-0.15, -0.1) is 0 Å². The summed E-state index contributed by atoms with van der Waals surface area (Å²) in [5.41, 5.74) is 6.37. The summed E-state index contributed by atoms with van der Waals surface area (Å²) < 4.78 is 0. The van der Waals surface area contributed by atoms with Crippen molar-refractivity contribution in [1.29, 1.82) is 0 Å². The first-order valence-electron chi connectivity index (χ1n) is 6.62. The lowest BCUT2D eigenvalue weighted by Crippen LogP contribution is -2.22. The number of nitrogens with zero attached hydrogens (tertiary/aromatic N) is 2. The third-order valence-corrected chi connectivity index (χ3v) is 3.37. The van der Waals surface area contributed by atoms with E-state index in [0.717, 1.165) is 0 Å². The molecule has 0 amide bonds. The van der Waals surface area contributed by atoms with Gasteiger partial charge in [0.1, 0.15) is 5.75 Å². The Morgan fingerprint density at radius 3 is 2.87 bits per heavy atom. The highest BCUT2D eigenvalue weighted by atomic mass is 35.5. The largest absolute Gasteiger partial charge is 0.508 e. The Balaban J connectivity index is 1.95. The number of H-pyrrole nitrogens is 1. The number of guanidine groups is 1. The van der Waals surface area contributed by atoms with Crippen LogP contribution in [-0.2, 0) is 0 Å². The summed E-state index contributed by atoms with van der Waals surface area (Å²) in [5.74, 6) is 0.0607. The average Bonchev–Trinajstić information content (AvgIpc) is 2.50. The van der Waals surface area contributed by atoms with Crippen molar-refractivity contribution in [2.45, 2.75) is 0 Å². The molecule has 116 valence electrons. The molecular weight excluding hydrogens is 318 g/mol. The van der Waals surface area contributed by atoms with Crippen LogP contribution in [0.5, 0.6) is 5.75 Å². The first-order chi connectivity index (χ1) is 11.0. The van der Waals surface area contributed by atoms with Crippen molar-refractivity contribution in [3.8, 4) is 5.75 Å². The van der Waals surface area contributed by atoms with Crippen molar-refractivity contribution < 1.29 is 5.11 Å². The van der Waals surface area contributed by atoms with Gasteiger partial charge in [-0.3, -0.25) is 9.78 Å². The second kappa shape index (κ2) is 5.98. The molecular formula is C15H12ClN5O2. The Morgan fingerprint density at radius 2 is 2.09 bits per heavy atom. The maximum absolute atomic E-state index is 12.0. The Kier molecular flexibility index (Phi) is 3.86. The molecule has 0 saturated carbocycles. The molecule has 0 aliphatic rings. The van der Waals surface area contributed by atoms with Gasteiger partial charge in [-0.1, -0.05) is 23.7 Å². The van der Waals surface area contributed by atoms with Crippen LogP contribution >= 0.6 is 11.6 Å². The third kappa shape index (κ3) is 3.24. The summed E-state index contributed by atoms with van der Waals surface area (Å²) in [6, 6.07) is 11.3. The Labute approximate surface area is 135 Å². The molecule has 0 radical (unpaired) electrons. The molecule has 0 spiro atoms. The maximum atomic E-state index is 12.0. The van der Waals surface area contributed by atoms with Crippen LogP contribution in [0.1, 0.15) is 0 Å². The number of halogens is 1. The fourth-order valence-corrected chi connectivity index (χ4v) is 2.19. The van der Waals surface area contributed by atoms with Gasteiger partial charge in [0.25, 0.3) is 5.56 Å². The van der Waals surface area contributed by atoms with Gasteiger partial charge in [0.15, 0.2) is 0 Å². The van der Waals surface area contributed by atoms with E-state index in [0.29, 0.717) is 16.2 Å². The molecule has 1 heterocycles. The number of nitrogens with one attached hydrogen (secondary N) is 2. The topological polar surface area (TPSA) is 116 Å². The van der Waals surface area contributed by atoms with Crippen molar-refractivity contribution in [3.63, 3.8) is 0 Å². The predicted molar refractivity (Wildman–Crippen MR) is 90.4 cm³/mol. The Bertz CT molecular complexity index is 967. The van der Waals surface area contributed by atoms with Gasteiger partial charge in [0.05, 0.1) is 21.6 Å². The van der Waals surface area contributed by atoms with Gasteiger partial charge < -0.3 is 16.2 Å². The summed E-state index contributed by atoms with van der Waals surface area (Å²) in [5, 5.41) is 13.0. The lowest BCUT2D eigenvalue weighted by molar-refractivity contribution is 0.476. The first-order valence-corrected chi connectivity index (χ1v) is 6.99. The minimum Gasteiger partial charge on any atom is -0.508 e. The van der Waals surface area contributed by atoms with Gasteiger partial charge in [-0.25, -0.2) is 4.98 Å². The van der Waals surface area contributed by atoms with E-state index >= 15 is 0 Å². The second-order valence-corrected chi connectivity index (χ2v) is 5.10. The summed E-state index contributed by atoms with van der Waals surface area (Å²) in [7, 11) is 0. The average molecular weight is 330 g/mol. The molecule has 3 aromatic rings. The smallest absolute Gasteiger partial charge is 0.260 e. The van der Waals surface area contributed by atoms with Crippen LogP contribution in [0.3, 0.4) is 0 Å². The van der Waals surface area contributed by atoms with E-state index in [9.17, 15) is 9.90 Å². The van der Waals surface area contributed by atoms with E-state index in [4.69, 9.17) is 17.3 Å². The van der Waals surface area contributed by atoms with Crippen LogP contribution in [-0.4, -0.2) is 21.0 Å². The minimum atomic E-state index is -0.421. The number of anilines is 1. The number of aliphatic imine (C=N–C) groups is 1. The summed E-state index contributed by atoms with van der Waals surface area (Å²) in [6.45, 7) is 0. The first kappa shape index (κ1) is 14.9. The molecule has 3 rings (SSSR count). The highest BCUT2D eigenvalue weighted by Gasteiger charge is 2.06. The number of benzene rings is 2. The van der Waals surface area contributed by atoms with Gasteiger partial charge in [0, 0.05) is 0 Å². The monoisotopic (exact) mass is 329 g/mol. The van der Waals surface area contributed by atoms with Crippen LogP contribution in [0.2, 0.25) is 5.02 Å². The quantitative estimate of drug-likeness (QED) is 0.425. The Hall–Kier alpha value is -3.06. The number of phenolic OH excluding ortho intramolecular Hbond substituents is 1. The molecule has 8 heteroatoms. The SMILES string of the molecule is N/C(=N\c1nc2ccc(O)cc2c(=O)[nH]1)Nc1ccccc1Cl. The van der Waals surface area contributed by atoms with Gasteiger partial charge in [0.2, 0.25) is 11.9 Å². The van der Waals surface area contributed by atoms with Gasteiger partial charge in [-0.2, -0.15) is 4.99 Å². The van der Waals surface area contributed by atoms with Crippen molar-refractivity contribution in [1.82, 2.24) is 9.97 Å². The summed E-state index contributed by atoms with van der Waals surface area (Å²) in [6.07, 6.45) is 0. The number of hydrogen-bond donors (Lipinski definition) is 4. The number of fused-ring (bicyclic) bond motifs is 1. The molecule has 23 heavy (non-hydrogen) atoms. The van der Waals surface area contributed by atoms with Crippen LogP contribution in [0, 0.1) is 0 Å². The van der Waals surface area contributed by atoms with E-state index < -0.39 is 5.56 Å². The maximum Gasteiger partial charge on any atom is 0.260 e. The zero-order chi connectivity index (χ0) is 16.4. The van der Waals surface area contributed by atoms with Crippen LogP contribution in [0.4, 0.5) is 11.6 Å². The number of rotatable bonds is 2. The number of para-hydroxylation sites is 1. The predicted octanol–water partition coefficient (Wildman–Crippen LogP) is 2.34. The molecule has 5 N–H and O–H groups in total. The standard InChI is InChI=1S/C15H12ClN5O2/c16-10-3-1-2-4-12(10)18-14(17)21-15-19-11-6-5-8(22)7-9(11)13(23)20-15/h1-7,22H,(H4,17,18,19,20,21,23). The van der Waals surface area contributed by atoms with Crippen LogP contribution in [0.15, 0.2) is 52.3 Å². The minimum absolute atomic E-state index is 0.0130. The molecule has 0 atom stereocenters. The molecule has 0 bridgehead atoms. The number of nitrogens with two attached hydrogens (primary N) is 1.